The SMILES string of the molecule is COc1cc(/C=C(\C#N)c2ccc([N+](=O)[O-])cc2)ccc1OCC(=O)Nc1ccccc1F. The number of non-ortho nitro benzene ring substituents is 1. The van der Waals surface area contributed by atoms with E-state index in [0.29, 0.717) is 22.4 Å². The third-order valence-electron chi connectivity index (χ3n) is 4.51. The molecule has 0 aliphatic heterocycles. The fourth-order valence-corrected chi connectivity index (χ4v) is 2.89. The van der Waals surface area contributed by atoms with Gasteiger partial charge < -0.3 is 14.8 Å². The number of amides is 1. The lowest BCUT2D eigenvalue weighted by Gasteiger charge is -2.12. The van der Waals surface area contributed by atoms with E-state index in [1.54, 1.807) is 30.3 Å². The van der Waals surface area contributed by atoms with Crippen molar-refractivity contribution in [1.82, 2.24) is 0 Å². The summed E-state index contributed by atoms with van der Waals surface area (Å²) < 4.78 is 24.5. The van der Waals surface area contributed by atoms with Crippen molar-refractivity contribution in [3.63, 3.8) is 0 Å². The van der Waals surface area contributed by atoms with Gasteiger partial charge in [-0.05, 0) is 53.6 Å². The van der Waals surface area contributed by atoms with Gasteiger partial charge in [0, 0.05) is 12.1 Å². The second-order valence-electron chi connectivity index (χ2n) is 6.70. The number of nitrogens with zero attached hydrogens (tertiary/aromatic N) is 2. The molecule has 0 heterocycles. The fourth-order valence-electron chi connectivity index (χ4n) is 2.89. The highest BCUT2D eigenvalue weighted by Crippen LogP contribution is 2.30. The molecule has 3 aromatic rings. The Hall–Kier alpha value is -4.71. The summed E-state index contributed by atoms with van der Waals surface area (Å²) in [7, 11) is 1.43. The molecule has 0 fully saturated rings. The summed E-state index contributed by atoms with van der Waals surface area (Å²) in [6.07, 6.45) is 1.60. The number of halogens is 1. The Labute approximate surface area is 188 Å². The minimum absolute atomic E-state index is 0.0498. The molecule has 8 nitrogen and oxygen atoms in total. The first-order valence-electron chi connectivity index (χ1n) is 9.63. The summed E-state index contributed by atoms with van der Waals surface area (Å²) in [4.78, 5) is 22.4. The minimum Gasteiger partial charge on any atom is -0.493 e. The molecule has 1 N–H and O–H groups in total. The van der Waals surface area contributed by atoms with E-state index in [2.05, 4.69) is 11.4 Å². The van der Waals surface area contributed by atoms with Crippen LogP contribution >= 0.6 is 0 Å². The van der Waals surface area contributed by atoms with Crippen LogP contribution in [-0.2, 0) is 4.79 Å². The predicted molar refractivity (Wildman–Crippen MR) is 120 cm³/mol. The molecule has 3 aromatic carbocycles. The van der Waals surface area contributed by atoms with Crippen LogP contribution in [0.1, 0.15) is 11.1 Å². The highest BCUT2D eigenvalue weighted by Gasteiger charge is 2.11. The normalized spacial score (nSPS) is 10.8. The second kappa shape index (κ2) is 10.5. The number of nitrogens with one attached hydrogen (secondary N) is 1. The average Bonchev–Trinajstić information content (AvgIpc) is 2.83. The Morgan fingerprint density at radius 1 is 1.15 bits per heavy atom. The number of hydrogen-bond acceptors (Lipinski definition) is 6. The summed E-state index contributed by atoms with van der Waals surface area (Å²) in [5.74, 6) is -0.493. The van der Waals surface area contributed by atoms with Gasteiger partial charge in [0.25, 0.3) is 11.6 Å². The monoisotopic (exact) mass is 447 g/mol. The van der Waals surface area contributed by atoms with E-state index in [0.717, 1.165) is 0 Å². The van der Waals surface area contributed by atoms with Crippen molar-refractivity contribution in [2.24, 2.45) is 0 Å². The maximum absolute atomic E-state index is 13.7. The number of ether oxygens (including phenoxy) is 2. The molecule has 0 bridgehead atoms. The predicted octanol–water partition coefficient (Wildman–Crippen LogP) is 4.82. The topological polar surface area (TPSA) is 114 Å². The molecule has 9 heteroatoms. The molecular weight excluding hydrogens is 429 g/mol. The Morgan fingerprint density at radius 3 is 2.52 bits per heavy atom. The number of carbonyl (C=O) groups is 1. The summed E-state index contributed by atoms with van der Waals surface area (Å²) in [6.45, 7) is -0.369. The van der Waals surface area contributed by atoms with Gasteiger partial charge in [-0.15, -0.1) is 0 Å². The maximum atomic E-state index is 13.7. The molecule has 0 saturated heterocycles. The molecule has 0 unspecified atom stereocenters. The van der Waals surface area contributed by atoms with Crippen molar-refractivity contribution in [3.05, 3.63) is 93.8 Å². The number of rotatable bonds is 8. The van der Waals surface area contributed by atoms with Crippen molar-refractivity contribution in [3.8, 4) is 17.6 Å². The zero-order valence-electron chi connectivity index (χ0n) is 17.4. The van der Waals surface area contributed by atoms with Gasteiger partial charge >= 0.3 is 0 Å². The van der Waals surface area contributed by atoms with Crippen LogP contribution in [0.4, 0.5) is 15.8 Å². The minimum atomic E-state index is -0.555. The molecular formula is C24H18FN3O5. The van der Waals surface area contributed by atoms with Crippen molar-refractivity contribution in [1.29, 1.82) is 5.26 Å². The quantitative estimate of drug-likeness (QED) is 0.229. The van der Waals surface area contributed by atoms with Gasteiger partial charge in [-0.25, -0.2) is 4.39 Å². The van der Waals surface area contributed by atoms with Gasteiger partial charge in [-0.2, -0.15) is 5.26 Å². The molecule has 33 heavy (non-hydrogen) atoms. The number of para-hydroxylation sites is 1. The molecule has 0 aromatic heterocycles. The van der Waals surface area contributed by atoms with E-state index in [1.165, 1.54) is 49.6 Å². The molecule has 0 aliphatic rings. The summed E-state index contributed by atoms with van der Waals surface area (Å²) in [5, 5.41) is 22.7. The third-order valence-corrected chi connectivity index (χ3v) is 4.51. The lowest BCUT2D eigenvalue weighted by molar-refractivity contribution is -0.384. The zero-order valence-corrected chi connectivity index (χ0v) is 17.4. The van der Waals surface area contributed by atoms with Crippen LogP contribution in [0.2, 0.25) is 0 Å². The number of nitriles is 1. The summed E-state index contributed by atoms with van der Waals surface area (Å²) in [6, 6.07) is 18.4. The van der Waals surface area contributed by atoms with Gasteiger partial charge in [0.05, 0.1) is 29.4 Å². The van der Waals surface area contributed by atoms with Crippen molar-refractivity contribution in [2.45, 2.75) is 0 Å². The second-order valence-corrected chi connectivity index (χ2v) is 6.70. The van der Waals surface area contributed by atoms with Crippen LogP contribution in [0, 0.1) is 27.3 Å². The average molecular weight is 447 g/mol. The highest BCUT2D eigenvalue weighted by molar-refractivity contribution is 5.92. The maximum Gasteiger partial charge on any atom is 0.269 e. The largest absolute Gasteiger partial charge is 0.493 e. The first-order chi connectivity index (χ1) is 15.9. The van der Waals surface area contributed by atoms with E-state index < -0.39 is 16.6 Å². The molecule has 0 radical (unpaired) electrons. The first kappa shape index (κ1) is 23.0. The van der Waals surface area contributed by atoms with Gasteiger partial charge in [0.1, 0.15) is 5.82 Å². The highest BCUT2D eigenvalue weighted by atomic mass is 19.1. The van der Waals surface area contributed by atoms with E-state index in [-0.39, 0.29) is 23.7 Å². The Morgan fingerprint density at radius 2 is 1.88 bits per heavy atom. The van der Waals surface area contributed by atoms with Crippen molar-refractivity contribution < 1.29 is 23.6 Å². The number of nitro groups is 1. The van der Waals surface area contributed by atoms with Crippen LogP contribution in [0.3, 0.4) is 0 Å². The van der Waals surface area contributed by atoms with Crippen molar-refractivity contribution in [2.75, 3.05) is 19.0 Å². The lowest BCUT2D eigenvalue weighted by Crippen LogP contribution is -2.20. The number of allylic oxidation sites excluding steroid dienone is 1. The molecule has 0 spiro atoms. The van der Waals surface area contributed by atoms with Gasteiger partial charge in [-0.3, -0.25) is 14.9 Å². The van der Waals surface area contributed by atoms with Crippen LogP contribution in [0.25, 0.3) is 11.6 Å². The number of hydrogen-bond donors (Lipinski definition) is 1. The van der Waals surface area contributed by atoms with E-state index in [9.17, 15) is 24.6 Å². The van der Waals surface area contributed by atoms with Crippen LogP contribution < -0.4 is 14.8 Å². The van der Waals surface area contributed by atoms with E-state index >= 15 is 0 Å². The Bertz CT molecular complexity index is 1250. The molecule has 166 valence electrons. The standard InChI is InChI=1S/C24H18FN3O5/c1-32-23-13-16(12-18(14-26)17-7-9-19(10-8-17)28(30)31)6-11-22(23)33-15-24(29)27-21-5-3-2-4-20(21)25/h2-13H,15H2,1H3,(H,27,29)/b18-12+. The lowest BCUT2D eigenvalue weighted by atomic mass is 10.0. The summed E-state index contributed by atoms with van der Waals surface area (Å²) >= 11 is 0. The molecule has 1 amide bonds. The van der Waals surface area contributed by atoms with Crippen LogP contribution in [0.5, 0.6) is 11.5 Å². The number of methoxy groups -OCH3 is 1. The zero-order chi connectivity index (χ0) is 23.8. The number of benzene rings is 3. The number of anilines is 1. The summed E-state index contributed by atoms with van der Waals surface area (Å²) in [5.41, 5.74) is 1.41. The van der Waals surface area contributed by atoms with Gasteiger partial charge in [-0.1, -0.05) is 18.2 Å². The smallest absolute Gasteiger partial charge is 0.269 e. The van der Waals surface area contributed by atoms with E-state index in [4.69, 9.17) is 9.47 Å². The number of nitro benzene ring substituents is 1. The molecule has 0 aliphatic carbocycles. The van der Waals surface area contributed by atoms with Crippen LogP contribution in [0.15, 0.2) is 66.7 Å². The van der Waals surface area contributed by atoms with Gasteiger partial charge in [0.15, 0.2) is 18.1 Å². The van der Waals surface area contributed by atoms with Crippen molar-refractivity contribution >= 4 is 28.9 Å². The van der Waals surface area contributed by atoms with E-state index in [1.807, 2.05) is 0 Å². The van der Waals surface area contributed by atoms with Gasteiger partial charge in [0.2, 0.25) is 0 Å². The van der Waals surface area contributed by atoms with Crippen LogP contribution in [-0.4, -0.2) is 24.5 Å². The molecule has 3 rings (SSSR count). The molecule has 0 saturated carbocycles. The third kappa shape index (κ3) is 5.92. The Balaban J connectivity index is 1.73. The first-order valence-corrected chi connectivity index (χ1v) is 9.63. The molecule has 0 atom stereocenters. The Kier molecular flexibility index (Phi) is 7.34. The number of carbonyl (C=O) groups excluding carboxylic acids is 1. The fraction of sp³-hybridized carbons (Fsp3) is 0.0833.